The number of hydrogen-bond acceptors (Lipinski definition) is 2. The van der Waals surface area contributed by atoms with E-state index in [1.807, 2.05) is 0 Å². The van der Waals surface area contributed by atoms with Crippen molar-refractivity contribution in [1.29, 1.82) is 0 Å². The first-order chi connectivity index (χ1) is 8.53. The van der Waals surface area contributed by atoms with Crippen molar-refractivity contribution in [3.8, 4) is 0 Å². The van der Waals surface area contributed by atoms with Crippen molar-refractivity contribution in [2.75, 3.05) is 6.61 Å². The van der Waals surface area contributed by atoms with E-state index in [2.05, 4.69) is 13.8 Å². The Labute approximate surface area is 110 Å². The molecule has 1 heterocycles. The quantitative estimate of drug-likeness (QED) is 0.746. The van der Waals surface area contributed by atoms with E-state index in [0.29, 0.717) is 17.6 Å². The number of hydrogen-bond donors (Lipinski definition) is 0. The summed E-state index contributed by atoms with van der Waals surface area (Å²) in [6, 6.07) is 0. The zero-order valence-electron chi connectivity index (χ0n) is 11.8. The molecule has 1 aliphatic heterocycles. The number of Topliss-reactive ketones (excluding diaryl/α,β-unsaturated/α-hetero) is 1. The highest BCUT2D eigenvalue weighted by Crippen LogP contribution is 2.49. The largest absolute Gasteiger partial charge is 0.375 e. The fourth-order valence-electron chi connectivity index (χ4n) is 4.33. The van der Waals surface area contributed by atoms with E-state index in [0.717, 1.165) is 25.9 Å². The third kappa shape index (κ3) is 2.03. The standard InChI is InChI=1S/C16H26O2/c1-15(2)7-3-5-13(15)14(17)12-6-10-18-16(11-12)8-4-9-16/h12-13H,3-11H2,1-2H3. The van der Waals surface area contributed by atoms with E-state index in [9.17, 15) is 4.79 Å². The van der Waals surface area contributed by atoms with Gasteiger partial charge in [-0.3, -0.25) is 4.79 Å². The minimum atomic E-state index is 0.112. The highest BCUT2D eigenvalue weighted by molar-refractivity contribution is 5.84. The SMILES string of the molecule is CC1(C)CCCC1C(=O)C1CCOC2(CCC2)C1. The Morgan fingerprint density at radius 2 is 1.89 bits per heavy atom. The molecule has 0 N–H and O–H groups in total. The maximum atomic E-state index is 12.8. The van der Waals surface area contributed by atoms with Crippen LogP contribution in [-0.4, -0.2) is 18.0 Å². The van der Waals surface area contributed by atoms with Crippen LogP contribution in [0.4, 0.5) is 0 Å². The molecule has 102 valence electrons. The number of ketones is 1. The smallest absolute Gasteiger partial charge is 0.139 e. The van der Waals surface area contributed by atoms with E-state index < -0.39 is 0 Å². The molecule has 3 aliphatic rings. The lowest BCUT2D eigenvalue weighted by molar-refractivity contribution is -0.159. The number of rotatable bonds is 2. The van der Waals surface area contributed by atoms with Gasteiger partial charge in [0.15, 0.2) is 0 Å². The molecule has 2 nitrogen and oxygen atoms in total. The van der Waals surface area contributed by atoms with Gasteiger partial charge in [0.25, 0.3) is 0 Å². The molecular formula is C16H26O2. The zero-order chi connectivity index (χ0) is 12.8. The molecule has 2 heteroatoms. The van der Waals surface area contributed by atoms with Gasteiger partial charge < -0.3 is 4.74 Å². The van der Waals surface area contributed by atoms with Gasteiger partial charge in [-0.25, -0.2) is 0 Å². The number of carbonyl (C=O) groups excluding carboxylic acids is 1. The maximum absolute atomic E-state index is 12.8. The maximum Gasteiger partial charge on any atom is 0.139 e. The molecule has 1 saturated heterocycles. The highest BCUT2D eigenvalue weighted by Gasteiger charge is 2.48. The van der Waals surface area contributed by atoms with E-state index in [1.54, 1.807) is 0 Å². The predicted molar refractivity (Wildman–Crippen MR) is 71.4 cm³/mol. The molecule has 3 fully saturated rings. The second kappa shape index (κ2) is 4.33. The molecule has 3 rings (SSSR count). The predicted octanol–water partition coefficient (Wildman–Crippen LogP) is 3.73. The van der Waals surface area contributed by atoms with Gasteiger partial charge in [0, 0.05) is 18.4 Å². The lowest BCUT2D eigenvalue weighted by atomic mass is 9.67. The van der Waals surface area contributed by atoms with E-state index >= 15 is 0 Å². The van der Waals surface area contributed by atoms with Crippen LogP contribution in [0.5, 0.6) is 0 Å². The Morgan fingerprint density at radius 1 is 1.11 bits per heavy atom. The summed E-state index contributed by atoms with van der Waals surface area (Å²) in [5.41, 5.74) is 0.351. The molecule has 0 aromatic heterocycles. The highest BCUT2D eigenvalue weighted by atomic mass is 16.5. The van der Waals surface area contributed by atoms with Gasteiger partial charge in [0.2, 0.25) is 0 Å². The normalized spacial score (nSPS) is 37.4. The van der Waals surface area contributed by atoms with Gasteiger partial charge in [-0.1, -0.05) is 20.3 Å². The van der Waals surface area contributed by atoms with Crippen molar-refractivity contribution in [1.82, 2.24) is 0 Å². The lowest BCUT2D eigenvalue weighted by Crippen LogP contribution is -2.48. The first kappa shape index (κ1) is 12.7. The Balaban J connectivity index is 1.68. The summed E-state index contributed by atoms with van der Waals surface area (Å²) in [6.07, 6.45) is 9.21. The van der Waals surface area contributed by atoms with Crippen LogP contribution in [0.2, 0.25) is 0 Å². The number of carbonyl (C=O) groups is 1. The van der Waals surface area contributed by atoms with Gasteiger partial charge in [-0.2, -0.15) is 0 Å². The molecule has 2 saturated carbocycles. The van der Waals surface area contributed by atoms with Crippen LogP contribution < -0.4 is 0 Å². The zero-order valence-corrected chi connectivity index (χ0v) is 11.8. The van der Waals surface area contributed by atoms with Crippen LogP contribution in [0.15, 0.2) is 0 Å². The van der Waals surface area contributed by atoms with Gasteiger partial charge >= 0.3 is 0 Å². The van der Waals surface area contributed by atoms with E-state index in [4.69, 9.17) is 4.74 Å². The molecule has 1 spiro atoms. The fraction of sp³-hybridized carbons (Fsp3) is 0.938. The second-order valence-corrected chi connectivity index (χ2v) is 7.41. The first-order valence-electron chi connectivity index (χ1n) is 7.70. The molecule has 0 amide bonds. The summed E-state index contributed by atoms with van der Waals surface area (Å²) in [6.45, 7) is 5.37. The Bertz CT molecular complexity index is 341. The Hall–Kier alpha value is -0.370. The van der Waals surface area contributed by atoms with Gasteiger partial charge in [-0.15, -0.1) is 0 Å². The first-order valence-corrected chi connectivity index (χ1v) is 7.70. The van der Waals surface area contributed by atoms with Crippen molar-refractivity contribution in [3.05, 3.63) is 0 Å². The third-order valence-corrected chi connectivity index (χ3v) is 5.76. The van der Waals surface area contributed by atoms with Crippen LogP contribution in [0.1, 0.15) is 65.2 Å². The minimum Gasteiger partial charge on any atom is -0.375 e. The molecule has 2 atom stereocenters. The van der Waals surface area contributed by atoms with Crippen molar-refractivity contribution in [2.45, 2.75) is 70.8 Å². The molecule has 2 unspecified atom stereocenters. The van der Waals surface area contributed by atoms with Crippen molar-refractivity contribution < 1.29 is 9.53 Å². The molecular weight excluding hydrogens is 224 g/mol. The lowest BCUT2D eigenvalue weighted by Gasteiger charge is -2.47. The summed E-state index contributed by atoms with van der Waals surface area (Å²) in [5, 5.41) is 0. The number of ether oxygens (including phenoxy) is 1. The van der Waals surface area contributed by atoms with Crippen LogP contribution in [-0.2, 0) is 9.53 Å². The molecule has 0 bridgehead atoms. The van der Waals surface area contributed by atoms with Crippen LogP contribution >= 0.6 is 0 Å². The molecule has 2 aliphatic carbocycles. The summed E-state index contributed by atoms with van der Waals surface area (Å²) < 4.78 is 5.94. The van der Waals surface area contributed by atoms with Gasteiger partial charge in [0.05, 0.1) is 5.60 Å². The van der Waals surface area contributed by atoms with Gasteiger partial charge in [-0.05, 0) is 50.4 Å². The van der Waals surface area contributed by atoms with E-state index in [1.165, 1.54) is 32.1 Å². The van der Waals surface area contributed by atoms with Crippen molar-refractivity contribution >= 4 is 5.78 Å². The Kier molecular flexibility index (Phi) is 3.04. The van der Waals surface area contributed by atoms with Crippen LogP contribution in [0.25, 0.3) is 0 Å². The van der Waals surface area contributed by atoms with E-state index in [-0.39, 0.29) is 11.0 Å². The van der Waals surface area contributed by atoms with Crippen molar-refractivity contribution in [3.63, 3.8) is 0 Å². The molecule has 0 aromatic rings. The molecule has 0 aromatic carbocycles. The average molecular weight is 250 g/mol. The topological polar surface area (TPSA) is 26.3 Å². The summed E-state index contributed by atoms with van der Waals surface area (Å²) in [4.78, 5) is 12.8. The second-order valence-electron chi connectivity index (χ2n) is 7.41. The average Bonchev–Trinajstić information content (AvgIpc) is 2.66. The summed E-state index contributed by atoms with van der Waals surface area (Å²) >= 11 is 0. The molecule has 0 radical (unpaired) electrons. The Morgan fingerprint density at radius 3 is 2.44 bits per heavy atom. The van der Waals surface area contributed by atoms with Crippen LogP contribution in [0, 0.1) is 17.3 Å². The fourth-order valence-corrected chi connectivity index (χ4v) is 4.33. The molecule has 18 heavy (non-hydrogen) atoms. The summed E-state index contributed by atoms with van der Waals surface area (Å²) in [7, 11) is 0. The third-order valence-electron chi connectivity index (χ3n) is 5.76. The van der Waals surface area contributed by atoms with Gasteiger partial charge in [0.1, 0.15) is 5.78 Å². The minimum absolute atomic E-state index is 0.112. The monoisotopic (exact) mass is 250 g/mol. The van der Waals surface area contributed by atoms with Crippen LogP contribution in [0.3, 0.4) is 0 Å². The van der Waals surface area contributed by atoms with Crippen molar-refractivity contribution in [2.24, 2.45) is 17.3 Å². The summed E-state index contributed by atoms with van der Waals surface area (Å²) in [5.74, 6) is 1.17.